The lowest BCUT2D eigenvalue weighted by atomic mass is 10.1. The van der Waals surface area contributed by atoms with Crippen molar-refractivity contribution in [3.8, 4) is 0 Å². The largest absolute Gasteiger partial charge is 0.0840 e. The highest BCUT2D eigenvalue weighted by Crippen LogP contribution is 2.32. The molecule has 0 amide bonds. The van der Waals surface area contributed by atoms with Gasteiger partial charge in [0, 0.05) is 16.5 Å². The number of halogens is 2. The second-order valence-electron chi connectivity index (χ2n) is 2.97. The van der Waals surface area contributed by atoms with Crippen LogP contribution in [-0.4, -0.2) is 0 Å². The summed E-state index contributed by atoms with van der Waals surface area (Å²) in [5.41, 5.74) is 2.24. The molecule has 0 radical (unpaired) electrons. The molecule has 0 aromatic heterocycles. The molecule has 0 saturated heterocycles. The highest BCUT2D eigenvalue weighted by molar-refractivity contribution is 6.34. The van der Waals surface area contributed by atoms with E-state index in [1.807, 2.05) is 36.5 Å². The molecule has 0 heterocycles. The van der Waals surface area contributed by atoms with Crippen LogP contribution in [0.3, 0.4) is 0 Å². The number of hydrogen-bond donors (Lipinski definition) is 0. The quantitative estimate of drug-likeness (QED) is 0.566. The Morgan fingerprint density at radius 2 is 1.23 bits per heavy atom. The van der Waals surface area contributed by atoms with Gasteiger partial charge >= 0.3 is 0 Å². The third kappa shape index (κ3) is 1.79. The first-order valence-corrected chi connectivity index (χ1v) is 4.83. The molecule has 0 aliphatic heterocycles. The first-order chi connectivity index (χ1) is 6.27. The number of hydrogen-bond acceptors (Lipinski definition) is 0. The average Bonchev–Trinajstić information content (AvgIpc) is 2.43. The Balaban J connectivity index is 2.53. The topological polar surface area (TPSA) is 0 Å². The third-order valence-electron chi connectivity index (χ3n) is 2.08. The minimum atomic E-state index is 0.771. The van der Waals surface area contributed by atoms with Crippen molar-refractivity contribution in [1.82, 2.24) is 0 Å². The fourth-order valence-corrected chi connectivity index (χ4v) is 1.74. The van der Waals surface area contributed by atoms with E-state index >= 15 is 0 Å². The molecular formula is C11H8Cl2. The van der Waals surface area contributed by atoms with E-state index in [1.54, 1.807) is 0 Å². The molecule has 2 heteroatoms. The predicted octanol–water partition coefficient (Wildman–Crippen LogP) is 4.06. The van der Waals surface area contributed by atoms with Crippen molar-refractivity contribution in [3.63, 3.8) is 0 Å². The van der Waals surface area contributed by atoms with E-state index in [4.69, 9.17) is 23.2 Å². The van der Waals surface area contributed by atoms with Crippen molar-refractivity contribution in [2.45, 2.75) is 6.42 Å². The Morgan fingerprint density at radius 1 is 0.769 bits per heavy atom. The molecule has 2 rings (SSSR count). The Morgan fingerprint density at radius 3 is 1.69 bits per heavy atom. The second kappa shape index (κ2) is 3.57. The molecule has 0 N–H and O–H groups in total. The minimum Gasteiger partial charge on any atom is -0.0840 e. The summed E-state index contributed by atoms with van der Waals surface area (Å²) in [6.45, 7) is 0. The zero-order valence-electron chi connectivity index (χ0n) is 6.93. The molecule has 0 aromatic carbocycles. The van der Waals surface area contributed by atoms with Crippen LogP contribution in [0.2, 0.25) is 0 Å². The van der Waals surface area contributed by atoms with Gasteiger partial charge in [-0.2, -0.15) is 0 Å². The number of rotatable bonds is 0. The van der Waals surface area contributed by atoms with Gasteiger partial charge in [-0.25, -0.2) is 0 Å². The molecule has 66 valence electrons. The standard InChI is InChI=1S/C11H8Cl2/c12-10-5-6-11(13)9-4-2-1-3-8(10)7-9/h1-6H,7H2. The smallest absolute Gasteiger partial charge is 0.0441 e. The molecule has 0 fully saturated rings. The molecule has 13 heavy (non-hydrogen) atoms. The molecule has 0 saturated carbocycles. The van der Waals surface area contributed by atoms with Crippen LogP contribution < -0.4 is 0 Å². The SMILES string of the molecule is ClC1=CC=C(Cl)C2=CC=CC=C1C2. The summed E-state index contributed by atoms with van der Waals surface area (Å²) in [5.74, 6) is 0. The summed E-state index contributed by atoms with van der Waals surface area (Å²) in [7, 11) is 0. The van der Waals surface area contributed by atoms with Gasteiger partial charge in [0.05, 0.1) is 0 Å². The Kier molecular flexibility index (Phi) is 2.43. The molecule has 2 bridgehead atoms. The summed E-state index contributed by atoms with van der Waals surface area (Å²) in [6.07, 6.45) is 12.5. The predicted molar refractivity (Wildman–Crippen MR) is 57.8 cm³/mol. The summed E-state index contributed by atoms with van der Waals surface area (Å²) in [5, 5.41) is 1.54. The maximum Gasteiger partial charge on any atom is 0.0441 e. The van der Waals surface area contributed by atoms with E-state index in [9.17, 15) is 0 Å². The van der Waals surface area contributed by atoms with E-state index in [0.29, 0.717) is 0 Å². The van der Waals surface area contributed by atoms with Crippen molar-refractivity contribution < 1.29 is 0 Å². The second-order valence-corrected chi connectivity index (χ2v) is 3.79. The molecule has 2 aliphatic rings. The van der Waals surface area contributed by atoms with Crippen LogP contribution in [0.4, 0.5) is 0 Å². The average molecular weight is 211 g/mol. The fraction of sp³-hybridized carbons (Fsp3) is 0.0909. The van der Waals surface area contributed by atoms with Crippen LogP contribution in [0.1, 0.15) is 6.42 Å². The monoisotopic (exact) mass is 210 g/mol. The van der Waals surface area contributed by atoms with Crippen LogP contribution >= 0.6 is 23.2 Å². The normalized spacial score (nSPS) is 20.8. The van der Waals surface area contributed by atoms with Gasteiger partial charge in [0.2, 0.25) is 0 Å². The molecular weight excluding hydrogens is 203 g/mol. The van der Waals surface area contributed by atoms with Crippen molar-refractivity contribution >= 4 is 23.2 Å². The summed E-state index contributed by atoms with van der Waals surface area (Å²) < 4.78 is 0. The van der Waals surface area contributed by atoms with Gasteiger partial charge in [-0.05, 0) is 23.3 Å². The molecule has 2 aliphatic carbocycles. The van der Waals surface area contributed by atoms with Gasteiger partial charge in [-0.15, -0.1) is 0 Å². The zero-order valence-corrected chi connectivity index (χ0v) is 8.44. The van der Waals surface area contributed by atoms with E-state index < -0.39 is 0 Å². The van der Waals surface area contributed by atoms with E-state index in [0.717, 1.165) is 27.6 Å². The Bertz CT molecular complexity index is 343. The lowest BCUT2D eigenvalue weighted by Gasteiger charge is -2.03. The van der Waals surface area contributed by atoms with Crippen LogP contribution in [0.15, 0.2) is 57.7 Å². The molecule has 0 nitrogen and oxygen atoms in total. The number of allylic oxidation sites excluding steroid dienone is 10. The lowest BCUT2D eigenvalue weighted by Crippen LogP contribution is -1.85. The Hall–Kier alpha value is -0.720. The summed E-state index contributed by atoms with van der Waals surface area (Å²) in [4.78, 5) is 0. The highest BCUT2D eigenvalue weighted by Gasteiger charge is 2.12. The van der Waals surface area contributed by atoms with Crippen molar-refractivity contribution in [2.24, 2.45) is 0 Å². The van der Waals surface area contributed by atoms with Gasteiger partial charge in [0.25, 0.3) is 0 Å². The van der Waals surface area contributed by atoms with Crippen molar-refractivity contribution in [1.29, 1.82) is 0 Å². The number of fused-ring (bicyclic) bond motifs is 2. The van der Waals surface area contributed by atoms with Gasteiger partial charge in [-0.1, -0.05) is 47.5 Å². The van der Waals surface area contributed by atoms with Gasteiger partial charge in [0.1, 0.15) is 0 Å². The first kappa shape index (κ1) is 8.86. The molecule has 0 aromatic rings. The molecule has 0 atom stereocenters. The maximum absolute atomic E-state index is 6.05. The van der Waals surface area contributed by atoms with Gasteiger partial charge in [-0.3, -0.25) is 0 Å². The van der Waals surface area contributed by atoms with Crippen molar-refractivity contribution in [3.05, 3.63) is 57.7 Å². The van der Waals surface area contributed by atoms with Gasteiger partial charge < -0.3 is 0 Å². The van der Waals surface area contributed by atoms with Gasteiger partial charge in [0.15, 0.2) is 0 Å². The van der Waals surface area contributed by atoms with Crippen LogP contribution in [0.5, 0.6) is 0 Å². The van der Waals surface area contributed by atoms with E-state index in [1.165, 1.54) is 0 Å². The van der Waals surface area contributed by atoms with E-state index in [-0.39, 0.29) is 0 Å². The maximum atomic E-state index is 6.05. The fourth-order valence-electron chi connectivity index (χ4n) is 1.35. The van der Waals surface area contributed by atoms with E-state index in [2.05, 4.69) is 0 Å². The minimum absolute atomic E-state index is 0.771. The van der Waals surface area contributed by atoms with Crippen LogP contribution in [0.25, 0.3) is 0 Å². The summed E-state index contributed by atoms with van der Waals surface area (Å²) in [6, 6.07) is 0. The van der Waals surface area contributed by atoms with Crippen LogP contribution in [0, 0.1) is 0 Å². The Labute approximate surface area is 87.5 Å². The van der Waals surface area contributed by atoms with Crippen molar-refractivity contribution in [2.75, 3.05) is 0 Å². The van der Waals surface area contributed by atoms with Crippen LogP contribution in [-0.2, 0) is 0 Å². The molecule has 0 spiro atoms. The first-order valence-electron chi connectivity index (χ1n) is 4.07. The summed E-state index contributed by atoms with van der Waals surface area (Å²) >= 11 is 12.1. The highest BCUT2D eigenvalue weighted by atomic mass is 35.5. The lowest BCUT2D eigenvalue weighted by molar-refractivity contribution is 1.21. The zero-order chi connectivity index (χ0) is 9.26. The third-order valence-corrected chi connectivity index (χ3v) is 2.81. The molecule has 0 unspecified atom stereocenters.